The molecule has 1 saturated carbocycles. The van der Waals surface area contributed by atoms with Crippen LogP contribution < -0.4 is 11.1 Å². The Balaban J connectivity index is 2.05. The van der Waals surface area contributed by atoms with Crippen LogP contribution in [0.25, 0.3) is 0 Å². The summed E-state index contributed by atoms with van der Waals surface area (Å²) in [6.45, 7) is 6.10. The first-order valence-corrected chi connectivity index (χ1v) is 6.21. The van der Waals surface area contributed by atoms with Crippen molar-refractivity contribution in [3.8, 4) is 0 Å². The van der Waals surface area contributed by atoms with Crippen LogP contribution in [0, 0.1) is 19.8 Å². The monoisotopic (exact) mass is 218 g/mol. The van der Waals surface area contributed by atoms with E-state index in [1.807, 2.05) is 0 Å². The molecule has 1 aromatic carbocycles. The van der Waals surface area contributed by atoms with Crippen molar-refractivity contribution in [3.05, 3.63) is 34.9 Å². The molecule has 0 aliphatic heterocycles. The van der Waals surface area contributed by atoms with Crippen molar-refractivity contribution in [2.45, 2.75) is 32.7 Å². The van der Waals surface area contributed by atoms with Gasteiger partial charge < -0.3 is 11.1 Å². The molecule has 2 rings (SSSR count). The maximum absolute atomic E-state index is 5.86. The Kier molecular flexibility index (Phi) is 3.62. The van der Waals surface area contributed by atoms with Gasteiger partial charge in [0.2, 0.25) is 0 Å². The smallest absolute Gasteiger partial charge is 0.0447 e. The fourth-order valence-electron chi connectivity index (χ4n) is 2.17. The lowest BCUT2D eigenvalue weighted by Gasteiger charge is -2.19. The highest BCUT2D eigenvalue weighted by Gasteiger charge is 2.22. The maximum atomic E-state index is 5.86. The first kappa shape index (κ1) is 11.6. The van der Waals surface area contributed by atoms with Crippen LogP contribution in [0.2, 0.25) is 0 Å². The van der Waals surface area contributed by atoms with Gasteiger partial charge in [-0.05, 0) is 50.3 Å². The quantitative estimate of drug-likeness (QED) is 0.796. The van der Waals surface area contributed by atoms with Crippen LogP contribution in [0.15, 0.2) is 18.2 Å². The van der Waals surface area contributed by atoms with E-state index in [1.165, 1.54) is 29.5 Å². The molecule has 16 heavy (non-hydrogen) atoms. The molecular formula is C14H22N2. The Hall–Kier alpha value is -0.860. The lowest BCUT2D eigenvalue weighted by atomic mass is 9.99. The first-order valence-electron chi connectivity index (χ1n) is 6.21. The van der Waals surface area contributed by atoms with Crippen molar-refractivity contribution >= 4 is 0 Å². The van der Waals surface area contributed by atoms with Gasteiger partial charge in [0.1, 0.15) is 0 Å². The molecule has 0 aromatic heterocycles. The molecule has 1 aliphatic rings. The molecule has 88 valence electrons. The summed E-state index contributed by atoms with van der Waals surface area (Å²) in [5.41, 5.74) is 9.88. The lowest BCUT2D eigenvalue weighted by Crippen LogP contribution is -2.30. The number of rotatable bonds is 5. The minimum atomic E-state index is 0.321. The Morgan fingerprint density at radius 3 is 2.69 bits per heavy atom. The number of aryl methyl sites for hydroxylation is 2. The molecule has 3 N–H and O–H groups in total. The van der Waals surface area contributed by atoms with Crippen LogP contribution in [0.4, 0.5) is 0 Å². The molecular weight excluding hydrogens is 196 g/mol. The zero-order chi connectivity index (χ0) is 11.5. The van der Waals surface area contributed by atoms with Crippen molar-refractivity contribution in [1.82, 2.24) is 5.32 Å². The van der Waals surface area contributed by atoms with Crippen LogP contribution in [0.1, 0.15) is 35.6 Å². The predicted octanol–water partition coefficient (Wildman–Crippen LogP) is 2.30. The molecule has 1 aromatic rings. The largest absolute Gasteiger partial charge is 0.329 e. The molecule has 1 fully saturated rings. The number of benzene rings is 1. The van der Waals surface area contributed by atoms with Crippen molar-refractivity contribution in [1.29, 1.82) is 0 Å². The average Bonchev–Trinajstić information content (AvgIpc) is 3.05. The third-order valence-electron chi connectivity index (χ3n) is 3.39. The van der Waals surface area contributed by atoms with Crippen LogP contribution in [-0.4, -0.2) is 13.1 Å². The maximum Gasteiger partial charge on any atom is 0.0447 e. The SMILES string of the molecule is Cc1ccc(C(CN)NCC2CC2)c(C)c1. The Morgan fingerprint density at radius 2 is 2.12 bits per heavy atom. The third kappa shape index (κ3) is 2.83. The zero-order valence-corrected chi connectivity index (χ0v) is 10.3. The Morgan fingerprint density at radius 1 is 1.38 bits per heavy atom. The summed E-state index contributed by atoms with van der Waals surface area (Å²) in [6, 6.07) is 6.93. The van der Waals surface area contributed by atoms with Gasteiger partial charge in [0, 0.05) is 12.6 Å². The van der Waals surface area contributed by atoms with Crippen molar-refractivity contribution < 1.29 is 0 Å². The van der Waals surface area contributed by atoms with Crippen LogP contribution in [-0.2, 0) is 0 Å². The summed E-state index contributed by atoms with van der Waals surface area (Å²) in [6.07, 6.45) is 2.77. The lowest BCUT2D eigenvalue weighted by molar-refractivity contribution is 0.520. The van der Waals surface area contributed by atoms with Gasteiger partial charge >= 0.3 is 0 Å². The summed E-state index contributed by atoms with van der Waals surface area (Å²) in [4.78, 5) is 0. The zero-order valence-electron chi connectivity index (χ0n) is 10.3. The highest BCUT2D eigenvalue weighted by molar-refractivity contribution is 5.33. The van der Waals surface area contributed by atoms with E-state index in [9.17, 15) is 0 Å². The van der Waals surface area contributed by atoms with E-state index < -0.39 is 0 Å². The van der Waals surface area contributed by atoms with E-state index in [0.717, 1.165) is 12.5 Å². The third-order valence-corrected chi connectivity index (χ3v) is 3.39. The van der Waals surface area contributed by atoms with E-state index in [1.54, 1.807) is 0 Å². The molecule has 1 unspecified atom stereocenters. The van der Waals surface area contributed by atoms with Gasteiger partial charge in [0.15, 0.2) is 0 Å². The van der Waals surface area contributed by atoms with E-state index >= 15 is 0 Å². The number of hydrogen-bond acceptors (Lipinski definition) is 2. The fraction of sp³-hybridized carbons (Fsp3) is 0.571. The molecule has 0 heterocycles. The second-order valence-electron chi connectivity index (χ2n) is 5.00. The van der Waals surface area contributed by atoms with Crippen molar-refractivity contribution in [2.24, 2.45) is 11.7 Å². The first-order chi connectivity index (χ1) is 7.70. The van der Waals surface area contributed by atoms with Crippen LogP contribution in [0.3, 0.4) is 0 Å². The average molecular weight is 218 g/mol. The summed E-state index contributed by atoms with van der Waals surface area (Å²) in [7, 11) is 0. The van der Waals surface area contributed by atoms with Gasteiger partial charge in [-0.2, -0.15) is 0 Å². The molecule has 0 radical (unpaired) electrons. The summed E-state index contributed by atoms with van der Waals surface area (Å²) in [5.74, 6) is 0.903. The minimum absolute atomic E-state index is 0.321. The predicted molar refractivity (Wildman–Crippen MR) is 68.4 cm³/mol. The van der Waals surface area contributed by atoms with E-state index in [2.05, 4.69) is 37.4 Å². The molecule has 2 nitrogen and oxygen atoms in total. The Bertz CT molecular complexity index is 356. The van der Waals surface area contributed by atoms with Gasteiger partial charge in [-0.3, -0.25) is 0 Å². The normalized spacial score (nSPS) is 17.4. The molecule has 0 amide bonds. The van der Waals surface area contributed by atoms with Crippen molar-refractivity contribution in [3.63, 3.8) is 0 Å². The molecule has 0 saturated heterocycles. The minimum Gasteiger partial charge on any atom is -0.329 e. The molecule has 0 spiro atoms. The van der Waals surface area contributed by atoms with Crippen LogP contribution >= 0.6 is 0 Å². The topological polar surface area (TPSA) is 38.0 Å². The highest BCUT2D eigenvalue weighted by Crippen LogP contribution is 2.28. The standard InChI is InChI=1S/C14H22N2/c1-10-3-6-13(11(2)7-10)14(8-15)16-9-12-4-5-12/h3,6-7,12,14,16H,4-5,8-9,15H2,1-2H3. The van der Waals surface area contributed by atoms with E-state index in [4.69, 9.17) is 5.73 Å². The van der Waals surface area contributed by atoms with E-state index in [0.29, 0.717) is 12.6 Å². The van der Waals surface area contributed by atoms with Gasteiger partial charge in [0.25, 0.3) is 0 Å². The summed E-state index contributed by atoms with van der Waals surface area (Å²) >= 11 is 0. The second-order valence-corrected chi connectivity index (χ2v) is 5.00. The summed E-state index contributed by atoms with van der Waals surface area (Å²) < 4.78 is 0. The highest BCUT2D eigenvalue weighted by atomic mass is 14.9. The fourth-order valence-corrected chi connectivity index (χ4v) is 2.17. The number of nitrogens with one attached hydrogen (secondary N) is 1. The van der Waals surface area contributed by atoms with Crippen molar-refractivity contribution in [2.75, 3.05) is 13.1 Å². The number of hydrogen-bond donors (Lipinski definition) is 2. The van der Waals surface area contributed by atoms with Gasteiger partial charge in [-0.1, -0.05) is 23.8 Å². The molecule has 1 atom stereocenters. The second kappa shape index (κ2) is 4.98. The molecule has 2 heteroatoms. The van der Waals surface area contributed by atoms with Crippen LogP contribution in [0.5, 0.6) is 0 Å². The molecule has 0 bridgehead atoms. The van der Waals surface area contributed by atoms with Gasteiger partial charge in [0.05, 0.1) is 0 Å². The van der Waals surface area contributed by atoms with Gasteiger partial charge in [-0.15, -0.1) is 0 Å². The Labute approximate surface area is 98.2 Å². The van der Waals surface area contributed by atoms with Gasteiger partial charge in [-0.25, -0.2) is 0 Å². The molecule has 1 aliphatic carbocycles. The number of nitrogens with two attached hydrogens (primary N) is 1. The summed E-state index contributed by atoms with van der Waals surface area (Å²) in [5, 5.41) is 3.58. The van der Waals surface area contributed by atoms with E-state index in [-0.39, 0.29) is 0 Å².